The highest BCUT2D eigenvalue weighted by Gasteiger charge is 2.24. The molecule has 0 unspecified atom stereocenters. The van der Waals surface area contributed by atoms with E-state index in [-0.39, 0.29) is 11.1 Å². The summed E-state index contributed by atoms with van der Waals surface area (Å²) in [5.74, 6) is 0.428. The summed E-state index contributed by atoms with van der Waals surface area (Å²) in [6, 6.07) is 22.1. The lowest BCUT2D eigenvalue weighted by molar-refractivity contribution is -0.115. The van der Waals surface area contributed by atoms with Gasteiger partial charge >= 0.3 is 0 Å². The second-order valence-corrected chi connectivity index (χ2v) is 7.17. The average Bonchev–Trinajstić information content (AvgIpc) is 3.00. The Hall–Kier alpha value is -3.05. The second-order valence-electron chi connectivity index (χ2n) is 6.16. The average molecular weight is 375 g/mol. The summed E-state index contributed by atoms with van der Waals surface area (Å²) in [4.78, 5) is 23.2. The summed E-state index contributed by atoms with van der Waals surface area (Å²) in [7, 11) is 0. The highest BCUT2D eigenvalue weighted by atomic mass is 32.2. The van der Waals surface area contributed by atoms with Gasteiger partial charge in [0.05, 0.1) is 11.5 Å². The van der Waals surface area contributed by atoms with E-state index in [1.54, 1.807) is 6.08 Å². The molecular formula is C22H17NO3S. The van der Waals surface area contributed by atoms with Crippen LogP contribution in [0.15, 0.2) is 71.6 Å². The van der Waals surface area contributed by atoms with Crippen molar-refractivity contribution in [2.75, 3.05) is 6.61 Å². The number of carbonyl (C=O) groups is 2. The Morgan fingerprint density at radius 3 is 2.48 bits per heavy atom. The highest BCUT2D eigenvalue weighted by molar-refractivity contribution is 8.18. The molecule has 4 nitrogen and oxygen atoms in total. The van der Waals surface area contributed by atoms with Gasteiger partial charge in [0.2, 0.25) is 0 Å². The Kier molecular flexibility index (Phi) is 4.94. The maximum Gasteiger partial charge on any atom is 0.290 e. The summed E-state index contributed by atoms with van der Waals surface area (Å²) in [5.41, 5.74) is 2.12. The van der Waals surface area contributed by atoms with E-state index in [1.165, 1.54) is 16.3 Å². The molecule has 27 heavy (non-hydrogen) atoms. The molecule has 0 atom stereocenters. The minimum absolute atomic E-state index is 0.334. The minimum atomic E-state index is -0.347. The van der Waals surface area contributed by atoms with Gasteiger partial charge in [-0.3, -0.25) is 14.9 Å². The number of fused-ring (bicyclic) bond motifs is 1. The molecule has 3 aromatic carbocycles. The van der Waals surface area contributed by atoms with Crippen molar-refractivity contribution in [3.8, 4) is 5.75 Å². The van der Waals surface area contributed by atoms with E-state index >= 15 is 0 Å². The predicted octanol–water partition coefficient (Wildman–Crippen LogP) is 4.79. The van der Waals surface area contributed by atoms with Gasteiger partial charge in [-0.15, -0.1) is 0 Å². The van der Waals surface area contributed by atoms with Crippen LogP contribution in [0.25, 0.3) is 16.8 Å². The van der Waals surface area contributed by atoms with Crippen LogP contribution in [0.1, 0.15) is 11.1 Å². The largest absolute Gasteiger partial charge is 0.493 e. The van der Waals surface area contributed by atoms with Crippen molar-refractivity contribution < 1.29 is 14.3 Å². The van der Waals surface area contributed by atoms with E-state index in [0.29, 0.717) is 11.5 Å². The van der Waals surface area contributed by atoms with Crippen LogP contribution in [0, 0.1) is 0 Å². The molecule has 0 spiro atoms. The fourth-order valence-electron chi connectivity index (χ4n) is 3.02. The fraction of sp³-hybridized carbons (Fsp3) is 0.0909. The summed E-state index contributed by atoms with van der Waals surface area (Å²) in [5, 5.41) is 4.41. The van der Waals surface area contributed by atoms with Crippen LogP contribution in [0.5, 0.6) is 5.75 Å². The lowest BCUT2D eigenvalue weighted by atomic mass is 10.0. The normalized spacial score (nSPS) is 15.3. The Balaban J connectivity index is 1.38. The molecule has 134 valence electrons. The molecule has 0 saturated carbocycles. The summed E-state index contributed by atoms with van der Waals surface area (Å²) >= 11 is 0.915. The molecule has 0 radical (unpaired) electrons. The van der Waals surface area contributed by atoms with Crippen LogP contribution in [0.2, 0.25) is 0 Å². The molecule has 0 aliphatic carbocycles. The molecule has 4 rings (SSSR count). The van der Waals surface area contributed by atoms with Crippen LogP contribution in [-0.2, 0) is 11.2 Å². The third kappa shape index (κ3) is 4.04. The second kappa shape index (κ2) is 7.68. The van der Waals surface area contributed by atoms with Gasteiger partial charge in [-0.05, 0) is 51.9 Å². The SMILES string of the molecule is O=C1NC(=O)C(=Cc2ccc(OCCc3cccc4ccccc34)cc2)S1. The van der Waals surface area contributed by atoms with Crippen molar-refractivity contribution >= 4 is 39.8 Å². The third-order valence-electron chi connectivity index (χ3n) is 4.34. The molecule has 1 fully saturated rings. The number of ether oxygens (including phenoxy) is 1. The fourth-order valence-corrected chi connectivity index (χ4v) is 3.70. The zero-order valence-corrected chi connectivity index (χ0v) is 15.3. The first kappa shape index (κ1) is 17.4. The van der Waals surface area contributed by atoms with Crippen molar-refractivity contribution in [1.29, 1.82) is 0 Å². The van der Waals surface area contributed by atoms with E-state index in [0.717, 1.165) is 29.5 Å². The smallest absolute Gasteiger partial charge is 0.290 e. The van der Waals surface area contributed by atoms with Gasteiger partial charge in [0.15, 0.2) is 0 Å². The number of imide groups is 1. The molecule has 2 amide bonds. The molecular weight excluding hydrogens is 358 g/mol. The van der Waals surface area contributed by atoms with Crippen molar-refractivity contribution in [3.05, 3.63) is 82.8 Å². The lowest BCUT2D eigenvalue weighted by Crippen LogP contribution is -2.17. The first-order valence-corrected chi connectivity index (χ1v) is 9.45. The molecule has 0 bridgehead atoms. The van der Waals surface area contributed by atoms with Crippen LogP contribution in [-0.4, -0.2) is 17.8 Å². The monoisotopic (exact) mass is 375 g/mol. The van der Waals surface area contributed by atoms with Gasteiger partial charge in [-0.1, -0.05) is 54.6 Å². The number of hydrogen-bond donors (Lipinski definition) is 1. The van der Waals surface area contributed by atoms with Crippen LogP contribution >= 0.6 is 11.8 Å². The van der Waals surface area contributed by atoms with Crippen molar-refractivity contribution in [2.24, 2.45) is 0 Å². The molecule has 5 heteroatoms. The van der Waals surface area contributed by atoms with Crippen molar-refractivity contribution in [2.45, 2.75) is 6.42 Å². The van der Waals surface area contributed by atoms with Crippen LogP contribution in [0.4, 0.5) is 4.79 Å². The number of carbonyl (C=O) groups excluding carboxylic acids is 2. The molecule has 1 aliphatic rings. The van der Waals surface area contributed by atoms with E-state index in [1.807, 2.05) is 30.3 Å². The zero-order valence-electron chi connectivity index (χ0n) is 14.5. The van der Waals surface area contributed by atoms with Gasteiger partial charge < -0.3 is 4.74 Å². The van der Waals surface area contributed by atoms with Crippen molar-refractivity contribution in [1.82, 2.24) is 5.32 Å². The number of amides is 2. The Labute approximate surface area is 161 Å². The molecule has 0 aromatic heterocycles. The van der Waals surface area contributed by atoms with Gasteiger partial charge in [-0.2, -0.15) is 0 Å². The minimum Gasteiger partial charge on any atom is -0.493 e. The van der Waals surface area contributed by atoms with E-state index in [2.05, 4.69) is 41.7 Å². The first-order chi connectivity index (χ1) is 13.2. The number of hydrogen-bond acceptors (Lipinski definition) is 4. The molecule has 1 saturated heterocycles. The summed E-state index contributed by atoms with van der Waals surface area (Å²) in [6.45, 7) is 0.585. The van der Waals surface area contributed by atoms with Crippen LogP contribution < -0.4 is 10.1 Å². The Morgan fingerprint density at radius 2 is 1.70 bits per heavy atom. The maximum atomic E-state index is 11.6. The highest BCUT2D eigenvalue weighted by Crippen LogP contribution is 2.26. The van der Waals surface area contributed by atoms with Crippen LogP contribution in [0.3, 0.4) is 0 Å². The summed E-state index contributed by atoms with van der Waals surface area (Å²) < 4.78 is 5.86. The van der Waals surface area contributed by atoms with Gasteiger partial charge in [0.25, 0.3) is 11.1 Å². The lowest BCUT2D eigenvalue weighted by Gasteiger charge is -2.09. The maximum absolute atomic E-state index is 11.6. The molecule has 1 N–H and O–H groups in total. The molecule has 3 aromatic rings. The molecule has 1 heterocycles. The number of rotatable bonds is 5. The van der Waals surface area contributed by atoms with Gasteiger partial charge in [0, 0.05) is 6.42 Å². The zero-order chi connectivity index (χ0) is 18.6. The number of thioether (sulfide) groups is 1. The topological polar surface area (TPSA) is 55.4 Å². The van der Waals surface area contributed by atoms with Gasteiger partial charge in [0.1, 0.15) is 5.75 Å². The third-order valence-corrected chi connectivity index (χ3v) is 5.15. The van der Waals surface area contributed by atoms with Gasteiger partial charge in [-0.25, -0.2) is 0 Å². The predicted molar refractivity (Wildman–Crippen MR) is 109 cm³/mol. The molecule has 1 aliphatic heterocycles. The van der Waals surface area contributed by atoms with E-state index in [9.17, 15) is 9.59 Å². The Bertz CT molecular complexity index is 1040. The first-order valence-electron chi connectivity index (χ1n) is 8.63. The standard InChI is InChI=1S/C22H17NO3S/c24-21-20(27-22(25)23-21)14-15-8-10-18(11-9-15)26-13-12-17-6-3-5-16-4-1-2-7-19(16)17/h1-11,14H,12-13H2,(H,23,24,25). The Morgan fingerprint density at radius 1 is 0.926 bits per heavy atom. The quantitative estimate of drug-likeness (QED) is 0.652. The number of nitrogens with one attached hydrogen (secondary N) is 1. The van der Waals surface area contributed by atoms with E-state index < -0.39 is 0 Å². The summed E-state index contributed by atoms with van der Waals surface area (Å²) in [6.07, 6.45) is 2.52. The van der Waals surface area contributed by atoms with Crippen molar-refractivity contribution in [3.63, 3.8) is 0 Å². The van der Waals surface area contributed by atoms with E-state index in [4.69, 9.17) is 4.74 Å². The number of benzene rings is 3.